The molecule has 122 valence electrons. The Kier molecular flexibility index (Phi) is 12.9. The van der Waals surface area contributed by atoms with Gasteiger partial charge in [0.15, 0.2) is 0 Å². The van der Waals surface area contributed by atoms with Crippen LogP contribution in [0.3, 0.4) is 0 Å². The Balaban J connectivity index is -0.0000000737. The summed E-state index contributed by atoms with van der Waals surface area (Å²) in [6.07, 6.45) is 2.84. The zero-order valence-corrected chi connectivity index (χ0v) is 15.3. The molecule has 2 aromatic rings. The van der Waals surface area contributed by atoms with Crippen LogP contribution in [0.2, 0.25) is 0 Å². The normalized spacial score (nSPS) is 8.38. The number of rotatable bonds is 3. The fourth-order valence-corrected chi connectivity index (χ4v) is 1.39. The van der Waals surface area contributed by atoms with Gasteiger partial charge in [0.2, 0.25) is 0 Å². The predicted octanol–water partition coefficient (Wildman–Crippen LogP) is 1.48. The molecule has 0 spiro atoms. The Morgan fingerprint density at radius 1 is 0.917 bits per heavy atom. The maximum absolute atomic E-state index is 10.8. The SMILES string of the molecule is O=C(O)c1ccccc1C(=O)OO.O=C(O)c1cccnc1.[H-].[H-].[H-].[H-].[Mg+2].[Mg+2]. The van der Waals surface area contributed by atoms with E-state index < -0.39 is 17.9 Å². The van der Waals surface area contributed by atoms with Crippen LogP contribution in [-0.2, 0) is 4.89 Å². The van der Waals surface area contributed by atoms with Crippen molar-refractivity contribution < 1.29 is 40.4 Å². The van der Waals surface area contributed by atoms with E-state index in [1.54, 1.807) is 6.07 Å². The van der Waals surface area contributed by atoms with E-state index in [0.717, 1.165) is 0 Å². The molecule has 1 aromatic heterocycles. The third-order valence-electron chi connectivity index (χ3n) is 2.37. The summed E-state index contributed by atoms with van der Waals surface area (Å²) in [6.45, 7) is 0. The first kappa shape index (κ1) is 24.5. The van der Waals surface area contributed by atoms with Crippen LogP contribution < -0.4 is 0 Å². The Labute approximate surface area is 174 Å². The Morgan fingerprint density at radius 2 is 1.50 bits per heavy atom. The summed E-state index contributed by atoms with van der Waals surface area (Å²) in [5.74, 6) is -3.28. The van der Waals surface area contributed by atoms with E-state index in [1.165, 1.54) is 42.7 Å². The van der Waals surface area contributed by atoms with Crippen LogP contribution >= 0.6 is 0 Å². The molecule has 0 aliphatic heterocycles. The maximum Gasteiger partial charge on any atom is 2.00 e. The molecule has 10 heteroatoms. The van der Waals surface area contributed by atoms with Crippen LogP contribution in [0.5, 0.6) is 0 Å². The van der Waals surface area contributed by atoms with Gasteiger partial charge in [0.25, 0.3) is 0 Å². The smallest absolute Gasteiger partial charge is 1.00 e. The van der Waals surface area contributed by atoms with Crippen LogP contribution in [0, 0.1) is 0 Å². The number of benzene rings is 1. The monoisotopic (exact) mass is 357 g/mol. The molecule has 24 heavy (non-hydrogen) atoms. The molecule has 0 saturated carbocycles. The van der Waals surface area contributed by atoms with Gasteiger partial charge in [0.05, 0.1) is 16.7 Å². The molecular formula is C14H15Mg2NO7. The third kappa shape index (κ3) is 7.70. The van der Waals surface area contributed by atoms with Crippen molar-refractivity contribution in [2.24, 2.45) is 0 Å². The molecule has 2 rings (SSSR count). The molecule has 1 heterocycles. The summed E-state index contributed by atoms with van der Waals surface area (Å²) < 4.78 is 0. The molecule has 0 radical (unpaired) electrons. The van der Waals surface area contributed by atoms with Crippen LogP contribution in [-0.4, -0.2) is 84.5 Å². The number of hydrogen-bond donors (Lipinski definition) is 3. The summed E-state index contributed by atoms with van der Waals surface area (Å²) >= 11 is 0. The number of carboxylic acid groups (broad SMARTS) is 2. The van der Waals surface area contributed by atoms with Gasteiger partial charge < -0.3 is 15.9 Å². The minimum Gasteiger partial charge on any atom is -1.00 e. The van der Waals surface area contributed by atoms with Crippen LogP contribution in [0.1, 0.15) is 36.8 Å². The van der Waals surface area contributed by atoms with Gasteiger partial charge in [-0.1, -0.05) is 12.1 Å². The summed E-state index contributed by atoms with van der Waals surface area (Å²) in [4.78, 5) is 38.6. The summed E-state index contributed by atoms with van der Waals surface area (Å²) in [5.41, 5.74) is -0.170. The summed E-state index contributed by atoms with van der Waals surface area (Å²) in [7, 11) is 0. The molecule has 0 aliphatic rings. The minimum atomic E-state index is -1.25. The molecule has 0 bridgehead atoms. The minimum absolute atomic E-state index is 0. The molecule has 8 nitrogen and oxygen atoms in total. The van der Waals surface area contributed by atoms with Crippen molar-refractivity contribution in [3.63, 3.8) is 0 Å². The molecule has 0 amide bonds. The topological polar surface area (TPSA) is 134 Å². The molecule has 0 fully saturated rings. The standard InChI is InChI=1S/C8H6O5.C6H5NO2.2Mg.4H/c9-7(10)5-3-1-2-4-6(5)8(11)13-12;8-6(9)5-2-1-3-7-4-5;;;;;;/h1-4,12H,(H,9,10);1-4H,(H,8,9);;;;;;/q;;2*+2;4*-1. The largest absolute Gasteiger partial charge is 2.00 e. The van der Waals surface area contributed by atoms with Gasteiger partial charge in [-0.05, 0) is 24.3 Å². The zero-order chi connectivity index (χ0) is 16.5. The first-order valence-electron chi connectivity index (χ1n) is 5.78. The van der Waals surface area contributed by atoms with E-state index >= 15 is 0 Å². The number of carboxylic acids is 2. The first-order chi connectivity index (χ1) is 10.5. The molecule has 0 atom stereocenters. The van der Waals surface area contributed by atoms with Crippen molar-refractivity contribution in [2.75, 3.05) is 0 Å². The van der Waals surface area contributed by atoms with Gasteiger partial charge in [-0.15, -0.1) is 0 Å². The van der Waals surface area contributed by atoms with Crippen molar-refractivity contribution in [2.45, 2.75) is 0 Å². The van der Waals surface area contributed by atoms with Crippen molar-refractivity contribution in [1.82, 2.24) is 4.98 Å². The predicted molar refractivity (Wildman–Crippen MR) is 88.6 cm³/mol. The van der Waals surface area contributed by atoms with Crippen LogP contribution in [0.25, 0.3) is 0 Å². The Bertz CT molecular complexity index is 696. The van der Waals surface area contributed by atoms with Crippen molar-refractivity contribution >= 4 is 64.0 Å². The number of carbonyl (C=O) groups is 3. The van der Waals surface area contributed by atoms with Gasteiger partial charge in [-0.3, -0.25) is 9.87 Å². The van der Waals surface area contributed by atoms with E-state index in [2.05, 4.69) is 9.87 Å². The van der Waals surface area contributed by atoms with Gasteiger partial charge in [0, 0.05) is 12.4 Å². The molecule has 0 unspecified atom stereocenters. The van der Waals surface area contributed by atoms with E-state index in [9.17, 15) is 14.4 Å². The van der Waals surface area contributed by atoms with E-state index in [4.69, 9.17) is 15.5 Å². The third-order valence-corrected chi connectivity index (χ3v) is 2.37. The van der Waals surface area contributed by atoms with Crippen LogP contribution in [0.4, 0.5) is 0 Å². The van der Waals surface area contributed by atoms with Crippen LogP contribution in [0.15, 0.2) is 48.8 Å². The average molecular weight is 358 g/mol. The molecule has 0 aliphatic carbocycles. The van der Waals surface area contributed by atoms with Gasteiger partial charge in [-0.2, -0.15) is 5.26 Å². The second-order valence-corrected chi connectivity index (χ2v) is 3.78. The Hall–Kier alpha value is -1.73. The summed E-state index contributed by atoms with van der Waals surface area (Å²) in [5, 5.41) is 25.0. The number of pyridine rings is 1. The van der Waals surface area contributed by atoms with Gasteiger partial charge in [-0.25, -0.2) is 14.4 Å². The summed E-state index contributed by atoms with van der Waals surface area (Å²) in [6, 6.07) is 8.52. The fraction of sp³-hybridized carbons (Fsp3) is 0. The zero-order valence-electron chi connectivity index (χ0n) is 16.5. The molecular weight excluding hydrogens is 343 g/mol. The Morgan fingerprint density at radius 3 is 1.88 bits per heavy atom. The molecule has 1 aromatic carbocycles. The van der Waals surface area contributed by atoms with E-state index in [0.29, 0.717) is 0 Å². The second kappa shape index (κ2) is 12.7. The number of carbonyl (C=O) groups excluding carboxylic acids is 1. The number of hydrogen-bond acceptors (Lipinski definition) is 6. The van der Waals surface area contributed by atoms with Gasteiger partial charge in [0.1, 0.15) is 0 Å². The molecule has 0 saturated heterocycles. The maximum atomic E-state index is 10.8. The van der Waals surface area contributed by atoms with E-state index in [-0.39, 0.29) is 68.5 Å². The number of nitrogens with zero attached hydrogens (tertiary/aromatic N) is 1. The number of aromatic nitrogens is 1. The average Bonchev–Trinajstić information content (AvgIpc) is 2.55. The first-order valence-corrected chi connectivity index (χ1v) is 5.78. The number of aromatic carboxylic acids is 2. The quantitative estimate of drug-likeness (QED) is 0.427. The van der Waals surface area contributed by atoms with E-state index in [1.807, 2.05) is 0 Å². The fourth-order valence-electron chi connectivity index (χ4n) is 1.39. The second-order valence-electron chi connectivity index (χ2n) is 3.78. The van der Waals surface area contributed by atoms with Gasteiger partial charge >= 0.3 is 64.0 Å². The van der Waals surface area contributed by atoms with Crippen molar-refractivity contribution in [3.05, 3.63) is 65.5 Å². The van der Waals surface area contributed by atoms with Crippen molar-refractivity contribution in [3.8, 4) is 0 Å². The van der Waals surface area contributed by atoms with Crippen molar-refractivity contribution in [1.29, 1.82) is 0 Å². The molecule has 3 N–H and O–H groups in total.